The molecule has 0 saturated heterocycles. The summed E-state index contributed by atoms with van der Waals surface area (Å²) in [5.41, 5.74) is 0. The summed E-state index contributed by atoms with van der Waals surface area (Å²) in [6, 6.07) is 0. The molecule has 0 aromatic carbocycles. The molecule has 0 atom stereocenters. The Labute approximate surface area is 56.9 Å². The van der Waals surface area contributed by atoms with Gasteiger partial charge in [-0.2, -0.15) is 0 Å². The van der Waals surface area contributed by atoms with E-state index in [0.29, 0.717) is 6.10 Å². The molecule has 0 rings (SSSR count). The van der Waals surface area contributed by atoms with Crippen LogP contribution in [-0.4, -0.2) is 12.3 Å². The van der Waals surface area contributed by atoms with Crippen molar-refractivity contribution in [2.75, 3.05) is 0 Å². The van der Waals surface area contributed by atoms with Crippen molar-refractivity contribution in [3.63, 3.8) is 0 Å². The van der Waals surface area contributed by atoms with Gasteiger partial charge in [0.1, 0.15) is 6.10 Å². The zero-order chi connectivity index (χ0) is 7.11. The first-order valence-corrected chi connectivity index (χ1v) is 3.48. The Morgan fingerprint density at radius 2 is 2.00 bits per heavy atom. The first kappa shape index (κ1) is 8.47. The Balaban J connectivity index is 3.31. The zero-order valence-corrected chi connectivity index (χ0v) is 6.42. The average Bonchev–Trinajstić information content (AvgIpc) is 1.91. The van der Waals surface area contributed by atoms with Crippen LogP contribution in [-0.2, 0) is 4.84 Å². The van der Waals surface area contributed by atoms with Gasteiger partial charge in [-0.3, -0.25) is 0 Å². The summed E-state index contributed by atoms with van der Waals surface area (Å²) >= 11 is 0. The van der Waals surface area contributed by atoms with Crippen molar-refractivity contribution >= 4 is 6.21 Å². The molecule has 0 radical (unpaired) electrons. The molecule has 0 aliphatic carbocycles. The quantitative estimate of drug-likeness (QED) is 0.421. The fraction of sp³-hybridized carbons (Fsp3) is 0.857. The van der Waals surface area contributed by atoms with E-state index in [4.69, 9.17) is 4.84 Å². The predicted molar refractivity (Wildman–Crippen MR) is 39.6 cm³/mol. The van der Waals surface area contributed by atoms with Crippen LogP contribution in [0.3, 0.4) is 0 Å². The summed E-state index contributed by atoms with van der Waals surface area (Å²) in [6.45, 7) is 6.04. The fourth-order valence-electron chi connectivity index (χ4n) is 0.585. The normalized spacial score (nSPS) is 11.1. The van der Waals surface area contributed by atoms with Gasteiger partial charge in [-0.25, -0.2) is 0 Å². The first-order valence-electron chi connectivity index (χ1n) is 3.48. The van der Waals surface area contributed by atoms with Crippen molar-refractivity contribution in [1.82, 2.24) is 0 Å². The van der Waals surface area contributed by atoms with Crippen LogP contribution in [0, 0.1) is 0 Å². The molecule has 0 bridgehead atoms. The summed E-state index contributed by atoms with van der Waals surface area (Å²) in [5, 5.41) is 3.69. The molecule has 2 heteroatoms. The minimum atomic E-state index is 0.307. The van der Waals surface area contributed by atoms with Crippen LogP contribution in [0.4, 0.5) is 0 Å². The minimum absolute atomic E-state index is 0.307. The van der Waals surface area contributed by atoms with E-state index in [0.717, 1.165) is 12.8 Å². The molecule has 0 spiro atoms. The van der Waals surface area contributed by atoms with Crippen LogP contribution >= 0.6 is 0 Å². The molecular weight excluding hydrogens is 114 g/mol. The third-order valence-electron chi connectivity index (χ3n) is 1.23. The van der Waals surface area contributed by atoms with E-state index in [9.17, 15) is 0 Å². The van der Waals surface area contributed by atoms with Gasteiger partial charge in [0, 0.05) is 6.21 Å². The molecule has 0 aliphatic rings. The second-order valence-corrected chi connectivity index (χ2v) is 1.91. The molecule has 0 aliphatic heterocycles. The Morgan fingerprint density at radius 3 is 2.33 bits per heavy atom. The molecular formula is C7H15NO. The van der Waals surface area contributed by atoms with E-state index in [2.05, 4.69) is 19.0 Å². The van der Waals surface area contributed by atoms with Gasteiger partial charge in [0.15, 0.2) is 0 Å². The summed E-state index contributed by atoms with van der Waals surface area (Å²) in [6.07, 6.45) is 4.04. The number of rotatable bonds is 4. The Morgan fingerprint density at radius 1 is 1.44 bits per heavy atom. The van der Waals surface area contributed by atoms with Gasteiger partial charge in [0.2, 0.25) is 0 Å². The average molecular weight is 129 g/mol. The SMILES string of the molecule is CC=NOC(CC)CC. The van der Waals surface area contributed by atoms with Gasteiger partial charge < -0.3 is 4.84 Å². The van der Waals surface area contributed by atoms with Crippen molar-refractivity contribution in [1.29, 1.82) is 0 Å². The molecule has 0 aromatic rings. The van der Waals surface area contributed by atoms with Gasteiger partial charge in [0.25, 0.3) is 0 Å². The van der Waals surface area contributed by atoms with Crippen molar-refractivity contribution < 1.29 is 4.84 Å². The Hall–Kier alpha value is -0.530. The van der Waals surface area contributed by atoms with E-state index in [1.165, 1.54) is 0 Å². The van der Waals surface area contributed by atoms with Gasteiger partial charge in [-0.05, 0) is 19.8 Å². The molecule has 0 amide bonds. The monoisotopic (exact) mass is 129 g/mol. The smallest absolute Gasteiger partial charge is 0.127 e. The standard InChI is InChI=1S/C7H15NO/c1-4-7(5-2)9-8-6-3/h6-7H,4-5H2,1-3H3. The summed E-state index contributed by atoms with van der Waals surface area (Å²) < 4.78 is 0. The highest BCUT2D eigenvalue weighted by atomic mass is 16.6. The maximum absolute atomic E-state index is 5.06. The molecule has 54 valence electrons. The first-order chi connectivity index (χ1) is 4.35. The predicted octanol–water partition coefficient (Wildman–Crippen LogP) is 2.20. The molecule has 9 heavy (non-hydrogen) atoms. The number of hydrogen-bond acceptors (Lipinski definition) is 2. The van der Waals surface area contributed by atoms with Gasteiger partial charge in [-0.1, -0.05) is 19.0 Å². The molecule has 0 saturated carbocycles. The van der Waals surface area contributed by atoms with Crippen molar-refractivity contribution in [2.45, 2.75) is 39.7 Å². The van der Waals surface area contributed by atoms with Crippen molar-refractivity contribution in [3.8, 4) is 0 Å². The molecule has 0 fully saturated rings. The van der Waals surface area contributed by atoms with Crippen LogP contribution in [0.15, 0.2) is 5.16 Å². The van der Waals surface area contributed by atoms with Crippen LogP contribution in [0.1, 0.15) is 33.6 Å². The number of hydrogen-bond donors (Lipinski definition) is 0. The Bertz CT molecular complexity index is 77.0. The lowest BCUT2D eigenvalue weighted by atomic mass is 10.2. The van der Waals surface area contributed by atoms with Gasteiger partial charge >= 0.3 is 0 Å². The van der Waals surface area contributed by atoms with Crippen LogP contribution in [0.2, 0.25) is 0 Å². The number of nitrogens with zero attached hydrogens (tertiary/aromatic N) is 1. The summed E-state index contributed by atoms with van der Waals surface area (Å²) in [7, 11) is 0. The van der Waals surface area contributed by atoms with Crippen molar-refractivity contribution in [2.24, 2.45) is 5.16 Å². The van der Waals surface area contributed by atoms with E-state index in [1.54, 1.807) is 6.21 Å². The van der Waals surface area contributed by atoms with Crippen LogP contribution in [0.5, 0.6) is 0 Å². The summed E-state index contributed by atoms with van der Waals surface area (Å²) in [4.78, 5) is 5.06. The zero-order valence-electron chi connectivity index (χ0n) is 6.42. The van der Waals surface area contributed by atoms with E-state index < -0.39 is 0 Å². The van der Waals surface area contributed by atoms with E-state index >= 15 is 0 Å². The molecule has 2 nitrogen and oxygen atoms in total. The minimum Gasteiger partial charge on any atom is -0.393 e. The van der Waals surface area contributed by atoms with Gasteiger partial charge in [-0.15, -0.1) is 0 Å². The maximum Gasteiger partial charge on any atom is 0.127 e. The topological polar surface area (TPSA) is 21.6 Å². The lowest BCUT2D eigenvalue weighted by molar-refractivity contribution is 0.0548. The van der Waals surface area contributed by atoms with E-state index in [-0.39, 0.29) is 0 Å². The third-order valence-corrected chi connectivity index (χ3v) is 1.23. The largest absolute Gasteiger partial charge is 0.393 e. The molecule has 0 N–H and O–H groups in total. The molecule has 0 unspecified atom stereocenters. The lowest BCUT2D eigenvalue weighted by Gasteiger charge is -2.07. The second-order valence-electron chi connectivity index (χ2n) is 1.91. The third kappa shape index (κ3) is 4.01. The highest BCUT2D eigenvalue weighted by Gasteiger charge is 2.00. The highest BCUT2D eigenvalue weighted by molar-refractivity contribution is 5.52. The van der Waals surface area contributed by atoms with Crippen LogP contribution in [0.25, 0.3) is 0 Å². The lowest BCUT2D eigenvalue weighted by Crippen LogP contribution is -2.05. The molecule has 0 aromatic heterocycles. The molecule has 0 heterocycles. The Kier molecular flexibility index (Phi) is 5.27. The second kappa shape index (κ2) is 5.60. The fourth-order valence-corrected chi connectivity index (χ4v) is 0.585. The maximum atomic E-state index is 5.06. The van der Waals surface area contributed by atoms with E-state index in [1.807, 2.05) is 6.92 Å². The van der Waals surface area contributed by atoms with Crippen molar-refractivity contribution in [3.05, 3.63) is 0 Å². The highest BCUT2D eigenvalue weighted by Crippen LogP contribution is 2.01. The van der Waals surface area contributed by atoms with Crippen LogP contribution < -0.4 is 0 Å². The summed E-state index contributed by atoms with van der Waals surface area (Å²) in [5.74, 6) is 0. The van der Waals surface area contributed by atoms with Gasteiger partial charge in [0.05, 0.1) is 0 Å². The number of oxime groups is 1.